The Labute approximate surface area is 74.1 Å². The Morgan fingerprint density at radius 3 is 2.92 bits per heavy atom. The zero-order chi connectivity index (χ0) is 9.42. The molecule has 68 valence electrons. The van der Waals surface area contributed by atoms with Gasteiger partial charge in [0.05, 0.1) is 0 Å². The molecule has 1 aromatic carbocycles. The van der Waals surface area contributed by atoms with Crippen molar-refractivity contribution in [2.45, 2.75) is 12.5 Å². The molecule has 3 nitrogen and oxygen atoms in total. The van der Waals surface area contributed by atoms with Crippen LogP contribution in [0, 0.1) is 5.82 Å². The van der Waals surface area contributed by atoms with E-state index in [-0.39, 0.29) is 11.5 Å². The van der Waals surface area contributed by atoms with Crippen LogP contribution < -0.4 is 0 Å². The van der Waals surface area contributed by atoms with Crippen molar-refractivity contribution in [3.8, 4) is 0 Å². The summed E-state index contributed by atoms with van der Waals surface area (Å²) in [5.74, 6) is -0.342. The van der Waals surface area contributed by atoms with Gasteiger partial charge in [-0.25, -0.2) is 4.39 Å². The molecule has 1 atom stereocenters. The van der Waals surface area contributed by atoms with Crippen LogP contribution in [0.15, 0.2) is 23.4 Å². The van der Waals surface area contributed by atoms with Crippen LogP contribution in [0.1, 0.15) is 11.1 Å². The van der Waals surface area contributed by atoms with Crippen LogP contribution in [0.3, 0.4) is 0 Å². The van der Waals surface area contributed by atoms with E-state index in [9.17, 15) is 9.50 Å². The number of nitrogens with zero attached hydrogens (tertiary/aromatic N) is 1. The van der Waals surface area contributed by atoms with Gasteiger partial charge in [-0.05, 0) is 23.8 Å². The summed E-state index contributed by atoms with van der Waals surface area (Å²) in [5.41, 5.74) is 1.52. The lowest BCUT2D eigenvalue weighted by Gasteiger charge is -1.99. The van der Waals surface area contributed by atoms with E-state index < -0.39 is 6.10 Å². The lowest BCUT2D eigenvalue weighted by molar-refractivity contribution is 0.237. The molecule has 1 aliphatic carbocycles. The van der Waals surface area contributed by atoms with Crippen molar-refractivity contribution in [2.75, 3.05) is 0 Å². The van der Waals surface area contributed by atoms with Gasteiger partial charge in [-0.1, -0.05) is 5.16 Å². The number of halogens is 1. The lowest BCUT2D eigenvalue weighted by Crippen LogP contribution is -2.15. The van der Waals surface area contributed by atoms with Gasteiger partial charge in [-0.3, -0.25) is 0 Å². The molecule has 1 aliphatic rings. The zero-order valence-corrected chi connectivity index (χ0v) is 6.74. The summed E-state index contributed by atoms with van der Waals surface area (Å²) in [7, 11) is 0. The summed E-state index contributed by atoms with van der Waals surface area (Å²) >= 11 is 0. The molecular weight excluding hydrogens is 173 g/mol. The molecule has 0 aromatic heterocycles. The lowest BCUT2D eigenvalue weighted by atomic mass is 10.1. The Morgan fingerprint density at radius 2 is 2.23 bits per heavy atom. The SMILES string of the molecule is ON=C1c2ccc(F)cc2CC1O. The van der Waals surface area contributed by atoms with Gasteiger partial charge in [0.1, 0.15) is 17.6 Å². The topological polar surface area (TPSA) is 52.8 Å². The molecule has 0 saturated heterocycles. The van der Waals surface area contributed by atoms with Crippen molar-refractivity contribution in [3.63, 3.8) is 0 Å². The molecule has 0 amide bonds. The van der Waals surface area contributed by atoms with Gasteiger partial charge in [0.15, 0.2) is 0 Å². The number of hydrogen-bond donors (Lipinski definition) is 2. The van der Waals surface area contributed by atoms with Gasteiger partial charge in [-0.15, -0.1) is 0 Å². The number of aliphatic hydroxyl groups excluding tert-OH is 1. The second-order valence-electron chi connectivity index (χ2n) is 3.01. The summed E-state index contributed by atoms with van der Waals surface area (Å²) in [6, 6.07) is 4.13. The quantitative estimate of drug-likeness (QED) is 0.462. The normalized spacial score (nSPS) is 23.5. The highest BCUT2D eigenvalue weighted by Gasteiger charge is 2.27. The number of fused-ring (bicyclic) bond motifs is 1. The Kier molecular flexibility index (Phi) is 1.77. The fraction of sp³-hybridized carbons (Fsp3) is 0.222. The molecular formula is C9H8FNO2. The zero-order valence-electron chi connectivity index (χ0n) is 6.74. The standard InChI is InChI=1S/C9H8FNO2/c10-6-1-2-7-5(3-6)4-8(12)9(7)11-13/h1-3,8,12-13H,4H2. The number of benzene rings is 1. The minimum Gasteiger partial charge on any atom is -0.411 e. The number of aliphatic hydroxyl groups is 1. The number of rotatable bonds is 0. The molecule has 0 fully saturated rings. The minimum atomic E-state index is -0.818. The third-order valence-electron chi connectivity index (χ3n) is 2.18. The third kappa shape index (κ3) is 1.19. The summed E-state index contributed by atoms with van der Waals surface area (Å²) < 4.78 is 12.7. The van der Waals surface area contributed by atoms with E-state index in [1.165, 1.54) is 18.2 Å². The summed E-state index contributed by atoms with van der Waals surface area (Å²) in [6.45, 7) is 0. The Bertz CT molecular complexity index is 376. The second-order valence-corrected chi connectivity index (χ2v) is 3.01. The van der Waals surface area contributed by atoms with Gasteiger partial charge in [0.25, 0.3) is 0 Å². The molecule has 1 unspecified atom stereocenters. The minimum absolute atomic E-state index is 0.218. The molecule has 0 spiro atoms. The number of oxime groups is 1. The maximum absolute atomic E-state index is 12.7. The molecule has 0 bridgehead atoms. The predicted octanol–water partition coefficient (Wildman–Crippen LogP) is 0.921. The second kappa shape index (κ2) is 2.81. The van der Waals surface area contributed by atoms with Gasteiger partial charge in [0.2, 0.25) is 0 Å². The number of hydrogen-bond acceptors (Lipinski definition) is 3. The Hall–Kier alpha value is -1.42. The Balaban J connectivity index is 2.55. The largest absolute Gasteiger partial charge is 0.411 e. The van der Waals surface area contributed by atoms with Crippen LogP contribution in [0.25, 0.3) is 0 Å². The first-order valence-electron chi connectivity index (χ1n) is 3.91. The van der Waals surface area contributed by atoms with E-state index in [1.54, 1.807) is 0 Å². The molecule has 2 rings (SSSR count). The van der Waals surface area contributed by atoms with E-state index in [0.29, 0.717) is 17.5 Å². The molecule has 4 heteroatoms. The first-order valence-corrected chi connectivity index (χ1v) is 3.91. The van der Waals surface area contributed by atoms with Gasteiger partial charge in [0, 0.05) is 12.0 Å². The van der Waals surface area contributed by atoms with Crippen LogP contribution in [-0.2, 0) is 6.42 Å². The predicted molar refractivity (Wildman–Crippen MR) is 44.4 cm³/mol. The van der Waals surface area contributed by atoms with Gasteiger partial charge >= 0.3 is 0 Å². The Morgan fingerprint density at radius 1 is 1.46 bits per heavy atom. The summed E-state index contributed by atoms with van der Waals surface area (Å²) in [4.78, 5) is 0. The third-order valence-corrected chi connectivity index (χ3v) is 2.18. The van der Waals surface area contributed by atoms with E-state index in [2.05, 4.69) is 5.16 Å². The molecule has 0 heterocycles. The van der Waals surface area contributed by atoms with Gasteiger partial charge in [-0.2, -0.15) is 0 Å². The van der Waals surface area contributed by atoms with Gasteiger partial charge < -0.3 is 10.3 Å². The smallest absolute Gasteiger partial charge is 0.123 e. The highest BCUT2D eigenvalue weighted by atomic mass is 19.1. The molecule has 0 radical (unpaired) electrons. The van der Waals surface area contributed by atoms with Crippen molar-refractivity contribution < 1.29 is 14.7 Å². The van der Waals surface area contributed by atoms with Crippen molar-refractivity contribution >= 4 is 5.71 Å². The average molecular weight is 181 g/mol. The molecule has 1 aromatic rings. The average Bonchev–Trinajstić information content (AvgIpc) is 2.39. The van der Waals surface area contributed by atoms with Crippen molar-refractivity contribution in [1.82, 2.24) is 0 Å². The molecule has 13 heavy (non-hydrogen) atoms. The molecule has 2 N–H and O–H groups in total. The fourth-order valence-corrected chi connectivity index (χ4v) is 1.59. The van der Waals surface area contributed by atoms with E-state index in [1.807, 2.05) is 0 Å². The van der Waals surface area contributed by atoms with Crippen molar-refractivity contribution in [1.29, 1.82) is 0 Å². The van der Waals surface area contributed by atoms with Crippen molar-refractivity contribution in [3.05, 3.63) is 35.1 Å². The highest BCUT2D eigenvalue weighted by molar-refractivity contribution is 6.07. The summed E-state index contributed by atoms with van der Waals surface area (Å²) in [6.07, 6.45) is -0.506. The summed E-state index contributed by atoms with van der Waals surface area (Å²) in [5, 5.41) is 21.0. The molecule has 0 aliphatic heterocycles. The fourth-order valence-electron chi connectivity index (χ4n) is 1.59. The monoisotopic (exact) mass is 181 g/mol. The highest BCUT2D eigenvalue weighted by Crippen LogP contribution is 2.23. The van der Waals surface area contributed by atoms with Crippen LogP contribution in [0.5, 0.6) is 0 Å². The van der Waals surface area contributed by atoms with Crippen LogP contribution in [0.2, 0.25) is 0 Å². The van der Waals surface area contributed by atoms with Crippen LogP contribution in [-0.4, -0.2) is 22.1 Å². The first kappa shape index (κ1) is 8.19. The van der Waals surface area contributed by atoms with E-state index in [4.69, 9.17) is 5.21 Å². The van der Waals surface area contributed by atoms with Crippen LogP contribution >= 0.6 is 0 Å². The van der Waals surface area contributed by atoms with Crippen molar-refractivity contribution in [2.24, 2.45) is 5.16 Å². The van der Waals surface area contributed by atoms with Crippen LogP contribution in [0.4, 0.5) is 4.39 Å². The van der Waals surface area contributed by atoms with E-state index in [0.717, 1.165) is 0 Å². The maximum atomic E-state index is 12.7. The maximum Gasteiger partial charge on any atom is 0.123 e. The first-order chi connectivity index (χ1) is 6.22. The molecule has 0 saturated carbocycles. The van der Waals surface area contributed by atoms with E-state index >= 15 is 0 Å².